The van der Waals surface area contributed by atoms with Crippen LogP contribution in [0.1, 0.15) is 16.7 Å². The van der Waals surface area contributed by atoms with Crippen molar-refractivity contribution in [2.45, 2.75) is 18.9 Å². The number of piperazine rings is 1. The fourth-order valence-corrected chi connectivity index (χ4v) is 3.12. The summed E-state index contributed by atoms with van der Waals surface area (Å²) in [6.07, 6.45) is -8.76. The summed E-state index contributed by atoms with van der Waals surface area (Å²) in [5, 5.41) is 5.06. The molecular formula is C17H14F6N4O2. The van der Waals surface area contributed by atoms with E-state index in [9.17, 15) is 35.9 Å². The Morgan fingerprint density at radius 2 is 1.69 bits per heavy atom. The van der Waals surface area contributed by atoms with Crippen LogP contribution in [-0.4, -0.2) is 40.6 Å². The van der Waals surface area contributed by atoms with E-state index in [0.717, 1.165) is 22.1 Å². The molecule has 1 fully saturated rings. The monoisotopic (exact) mass is 420 g/mol. The van der Waals surface area contributed by atoms with Gasteiger partial charge in [0.25, 0.3) is 5.56 Å². The van der Waals surface area contributed by atoms with E-state index in [1.54, 1.807) is 5.10 Å². The Morgan fingerprint density at radius 1 is 1.00 bits per heavy atom. The summed E-state index contributed by atoms with van der Waals surface area (Å²) in [6, 6.07) is 4.77. The van der Waals surface area contributed by atoms with Crippen molar-refractivity contribution in [3.05, 3.63) is 57.5 Å². The molecule has 12 heteroatoms. The molecule has 6 nitrogen and oxygen atoms in total. The molecule has 1 amide bonds. The van der Waals surface area contributed by atoms with Crippen molar-refractivity contribution < 1.29 is 31.1 Å². The molecule has 3 rings (SSSR count). The SMILES string of the molecule is O=C1CN(c2cn[nH]c(=O)c2C(F)(F)F)CCN1Cc1ccccc1C(F)(F)F. The molecule has 1 aromatic heterocycles. The van der Waals surface area contributed by atoms with E-state index in [1.165, 1.54) is 18.2 Å². The van der Waals surface area contributed by atoms with E-state index in [2.05, 4.69) is 5.10 Å². The lowest BCUT2D eigenvalue weighted by molar-refractivity contribution is -0.140. The van der Waals surface area contributed by atoms with Gasteiger partial charge < -0.3 is 9.80 Å². The van der Waals surface area contributed by atoms with Gasteiger partial charge in [-0.15, -0.1) is 0 Å². The first-order chi connectivity index (χ1) is 13.5. The van der Waals surface area contributed by atoms with Gasteiger partial charge in [-0.1, -0.05) is 18.2 Å². The number of hydrogen-bond donors (Lipinski definition) is 1. The predicted molar refractivity (Wildman–Crippen MR) is 88.9 cm³/mol. The van der Waals surface area contributed by atoms with Crippen molar-refractivity contribution in [1.82, 2.24) is 15.1 Å². The second kappa shape index (κ2) is 7.41. The molecule has 1 saturated heterocycles. The number of nitrogens with zero attached hydrogens (tertiary/aromatic N) is 3. The number of halogens is 6. The topological polar surface area (TPSA) is 69.3 Å². The van der Waals surface area contributed by atoms with E-state index in [-0.39, 0.29) is 25.2 Å². The summed E-state index contributed by atoms with van der Waals surface area (Å²) in [7, 11) is 0. The number of nitrogens with one attached hydrogen (secondary N) is 1. The van der Waals surface area contributed by atoms with Gasteiger partial charge in [0, 0.05) is 19.6 Å². The number of rotatable bonds is 3. The van der Waals surface area contributed by atoms with Gasteiger partial charge in [0.05, 0.1) is 24.0 Å². The van der Waals surface area contributed by atoms with Gasteiger partial charge >= 0.3 is 12.4 Å². The average molecular weight is 420 g/mol. The first kappa shape index (κ1) is 20.7. The molecule has 1 aromatic carbocycles. The smallest absolute Gasteiger partial charge is 0.358 e. The third-order valence-electron chi connectivity index (χ3n) is 4.46. The number of alkyl halides is 6. The Balaban J connectivity index is 1.81. The van der Waals surface area contributed by atoms with Crippen molar-refractivity contribution in [2.24, 2.45) is 0 Å². The fraction of sp³-hybridized carbons (Fsp3) is 0.353. The predicted octanol–water partition coefficient (Wildman–Crippen LogP) is 2.66. The van der Waals surface area contributed by atoms with Crippen LogP contribution in [0.5, 0.6) is 0 Å². The number of carbonyl (C=O) groups excluding carboxylic acids is 1. The first-order valence-corrected chi connectivity index (χ1v) is 8.31. The van der Waals surface area contributed by atoms with Gasteiger partial charge in [0.15, 0.2) is 0 Å². The third-order valence-corrected chi connectivity index (χ3v) is 4.46. The fourth-order valence-electron chi connectivity index (χ4n) is 3.12. The van der Waals surface area contributed by atoms with Gasteiger partial charge in [-0.3, -0.25) is 9.59 Å². The van der Waals surface area contributed by atoms with Crippen LogP contribution in [0.2, 0.25) is 0 Å². The van der Waals surface area contributed by atoms with E-state index in [4.69, 9.17) is 0 Å². The molecule has 0 atom stereocenters. The van der Waals surface area contributed by atoms with Crippen LogP contribution in [0.4, 0.5) is 32.0 Å². The maximum atomic E-state index is 13.2. The van der Waals surface area contributed by atoms with Crippen LogP contribution >= 0.6 is 0 Å². The van der Waals surface area contributed by atoms with E-state index in [1.807, 2.05) is 0 Å². The number of H-pyrrole nitrogens is 1. The van der Waals surface area contributed by atoms with Gasteiger partial charge in [-0.25, -0.2) is 5.10 Å². The zero-order valence-corrected chi connectivity index (χ0v) is 14.6. The van der Waals surface area contributed by atoms with Crippen molar-refractivity contribution in [3.63, 3.8) is 0 Å². The minimum atomic E-state index is -4.96. The number of benzene rings is 1. The Bertz CT molecular complexity index is 969. The lowest BCUT2D eigenvalue weighted by atomic mass is 10.1. The van der Waals surface area contributed by atoms with Gasteiger partial charge in [-0.2, -0.15) is 31.4 Å². The maximum Gasteiger partial charge on any atom is 0.423 e. The number of amides is 1. The summed E-state index contributed by atoms with van der Waals surface area (Å²) in [4.78, 5) is 26.2. The number of carbonyl (C=O) groups is 1. The largest absolute Gasteiger partial charge is 0.423 e. The molecular weight excluding hydrogens is 406 g/mol. The van der Waals surface area contributed by atoms with Gasteiger partial charge in [0.2, 0.25) is 5.91 Å². The highest BCUT2D eigenvalue weighted by Gasteiger charge is 2.40. The molecule has 156 valence electrons. The number of hydrogen-bond acceptors (Lipinski definition) is 4. The first-order valence-electron chi connectivity index (χ1n) is 8.31. The molecule has 0 unspecified atom stereocenters. The molecule has 1 N–H and O–H groups in total. The van der Waals surface area contributed by atoms with Crippen LogP contribution in [-0.2, 0) is 23.7 Å². The van der Waals surface area contributed by atoms with E-state index >= 15 is 0 Å². The molecule has 1 aliphatic rings. The van der Waals surface area contributed by atoms with Crippen LogP contribution in [0.3, 0.4) is 0 Å². The lowest BCUT2D eigenvalue weighted by Gasteiger charge is -2.36. The normalized spacial score (nSPS) is 15.7. The Kier molecular flexibility index (Phi) is 5.28. The quantitative estimate of drug-likeness (QED) is 0.776. The van der Waals surface area contributed by atoms with E-state index in [0.29, 0.717) is 0 Å². The van der Waals surface area contributed by atoms with Crippen LogP contribution in [0.15, 0.2) is 35.3 Å². The zero-order chi connectivity index (χ0) is 21.4. The average Bonchev–Trinajstić information content (AvgIpc) is 2.61. The molecule has 0 saturated carbocycles. The lowest BCUT2D eigenvalue weighted by Crippen LogP contribution is -2.51. The molecule has 2 aromatic rings. The number of aromatic nitrogens is 2. The Labute approximate surface area is 159 Å². The summed E-state index contributed by atoms with van der Waals surface area (Å²) < 4.78 is 79.0. The molecule has 0 bridgehead atoms. The molecule has 0 spiro atoms. The summed E-state index contributed by atoms with van der Waals surface area (Å²) in [5.74, 6) is -0.665. The standard InChI is InChI=1S/C17H14F6N4O2/c18-16(19,20)11-4-2-1-3-10(11)8-27-6-5-26(9-13(27)28)12-7-24-25-15(29)14(12)17(21,22)23/h1-4,7H,5-6,8-9H2,(H,25,29). The highest BCUT2D eigenvalue weighted by Crippen LogP contribution is 2.35. The maximum absolute atomic E-state index is 13.2. The third kappa shape index (κ3) is 4.35. The van der Waals surface area contributed by atoms with E-state index < -0.39 is 47.2 Å². The van der Waals surface area contributed by atoms with Gasteiger partial charge in [0.1, 0.15) is 5.56 Å². The van der Waals surface area contributed by atoms with Crippen molar-refractivity contribution in [3.8, 4) is 0 Å². The second-order valence-corrected chi connectivity index (χ2v) is 6.35. The Morgan fingerprint density at radius 3 is 2.31 bits per heavy atom. The molecule has 2 heterocycles. The molecule has 1 aliphatic heterocycles. The minimum Gasteiger partial charge on any atom is -0.358 e. The van der Waals surface area contributed by atoms with Crippen LogP contribution in [0, 0.1) is 0 Å². The number of anilines is 1. The van der Waals surface area contributed by atoms with Gasteiger partial charge in [-0.05, 0) is 11.6 Å². The highest BCUT2D eigenvalue weighted by molar-refractivity contribution is 5.83. The van der Waals surface area contributed by atoms with Crippen LogP contribution < -0.4 is 10.5 Å². The Hall–Kier alpha value is -3.05. The molecule has 0 radical (unpaired) electrons. The van der Waals surface area contributed by atoms with Crippen molar-refractivity contribution in [1.29, 1.82) is 0 Å². The summed E-state index contributed by atoms with van der Waals surface area (Å²) in [6.45, 7) is -1.08. The number of aromatic amines is 1. The zero-order valence-electron chi connectivity index (χ0n) is 14.6. The van der Waals surface area contributed by atoms with Crippen LogP contribution in [0.25, 0.3) is 0 Å². The summed E-state index contributed by atoms with van der Waals surface area (Å²) >= 11 is 0. The second-order valence-electron chi connectivity index (χ2n) is 6.35. The molecule has 29 heavy (non-hydrogen) atoms. The highest BCUT2D eigenvalue weighted by atomic mass is 19.4. The minimum absolute atomic E-state index is 0.103. The summed E-state index contributed by atoms with van der Waals surface area (Å²) in [5.41, 5.74) is -4.46. The van der Waals surface area contributed by atoms with Crippen molar-refractivity contribution >= 4 is 11.6 Å². The molecule has 0 aliphatic carbocycles. The van der Waals surface area contributed by atoms with Crippen molar-refractivity contribution in [2.75, 3.05) is 24.5 Å².